The molecule has 0 aliphatic carbocycles. The number of rotatable bonds is 3. The van der Waals surface area contributed by atoms with Gasteiger partial charge in [-0.1, -0.05) is 6.92 Å². The van der Waals surface area contributed by atoms with Gasteiger partial charge < -0.3 is 9.47 Å². The summed E-state index contributed by atoms with van der Waals surface area (Å²) in [5.74, 6) is 4.41. The summed E-state index contributed by atoms with van der Waals surface area (Å²) in [7, 11) is 0. The third kappa shape index (κ3) is 2.54. The Morgan fingerprint density at radius 3 is 2.86 bits per heavy atom. The third-order valence-corrected chi connectivity index (χ3v) is 6.30. The summed E-state index contributed by atoms with van der Waals surface area (Å²) in [4.78, 5) is 12.2. The van der Waals surface area contributed by atoms with Crippen LogP contribution in [0, 0.1) is 0 Å². The van der Waals surface area contributed by atoms with Crippen LogP contribution in [0.25, 0.3) is 11.2 Å². The number of nitrogens with zero attached hydrogens (tertiary/aromatic N) is 4. The molecule has 2 saturated heterocycles. The van der Waals surface area contributed by atoms with Crippen molar-refractivity contribution in [2.75, 3.05) is 31.1 Å². The van der Waals surface area contributed by atoms with Crippen LogP contribution in [0.1, 0.15) is 44.0 Å². The van der Waals surface area contributed by atoms with Crippen molar-refractivity contribution in [3.63, 3.8) is 0 Å². The van der Waals surface area contributed by atoms with Crippen LogP contribution in [0.3, 0.4) is 0 Å². The van der Waals surface area contributed by atoms with Crippen LogP contribution in [-0.2, 0) is 0 Å². The minimum Gasteiger partial charge on any atom is -0.309 e. The van der Waals surface area contributed by atoms with E-state index in [1.54, 1.807) is 0 Å². The lowest BCUT2D eigenvalue weighted by atomic mass is 10.0. The van der Waals surface area contributed by atoms with E-state index in [2.05, 4.69) is 39.2 Å². The highest BCUT2D eigenvalue weighted by molar-refractivity contribution is 7.99. The molecular weight excluding hydrogens is 292 g/mol. The molecule has 0 radical (unpaired) electrons. The fraction of sp³-hybridized carbons (Fsp3) is 0.647. The minimum absolute atomic E-state index is 0.572. The SMILES string of the molecule is CCN1CCC(n2c(C3CCSC3)nc3cccnc32)CC1. The maximum absolute atomic E-state index is 4.98. The molecule has 2 aliphatic rings. The zero-order valence-electron chi connectivity index (χ0n) is 13.2. The van der Waals surface area contributed by atoms with Crippen molar-refractivity contribution in [2.24, 2.45) is 0 Å². The van der Waals surface area contributed by atoms with E-state index in [0.29, 0.717) is 12.0 Å². The monoisotopic (exact) mass is 316 g/mol. The average Bonchev–Trinajstić information content (AvgIpc) is 3.22. The van der Waals surface area contributed by atoms with Crippen LogP contribution < -0.4 is 0 Å². The van der Waals surface area contributed by atoms with Gasteiger partial charge in [0.2, 0.25) is 0 Å². The van der Waals surface area contributed by atoms with Crippen molar-refractivity contribution < 1.29 is 0 Å². The molecule has 1 atom stereocenters. The van der Waals surface area contributed by atoms with E-state index in [0.717, 1.165) is 11.2 Å². The molecular formula is C17H24N4S. The zero-order chi connectivity index (χ0) is 14.9. The van der Waals surface area contributed by atoms with Gasteiger partial charge in [0.1, 0.15) is 11.3 Å². The van der Waals surface area contributed by atoms with Crippen molar-refractivity contribution in [3.05, 3.63) is 24.2 Å². The molecule has 0 spiro atoms. The zero-order valence-corrected chi connectivity index (χ0v) is 14.1. The van der Waals surface area contributed by atoms with Crippen LogP contribution >= 0.6 is 11.8 Å². The van der Waals surface area contributed by atoms with Crippen molar-refractivity contribution in [3.8, 4) is 0 Å². The van der Waals surface area contributed by atoms with Gasteiger partial charge in [-0.2, -0.15) is 11.8 Å². The largest absolute Gasteiger partial charge is 0.309 e. The summed E-state index contributed by atoms with van der Waals surface area (Å²) < 4.78 is 2.50. The smallest absolute Gasteiger partial charge is 0.160 e. The van der Waals surface area contributed by atoms with E-state index in [-0.39, 0.29) is 0 Å². The fourth-order valence-corrected chi connectivity index (χ4v) is 5.05. The number of aromatic nitrogens is 3. The first-order chi connectivity index (χ1) is 10.9. The predicted octanol–water partition coefficient (Wildman–Crippen LogP) is 3.31. The number of likely N-dealkylation sites (tertiary alicyclic amines) is 1. The van der Waals surface area contributed by atoms with Gasteiger partial charge in [0, 0.05) is 37.0 Å². The summed E-state index contributed by atoms with van der Waals surface area (Å²) in [6, 6.07) is 4.70. The van der Waals surface area contributed by atoms with E-state index in [4.69, 9.17) is 4.98 Å². The van der Waals surface area contributed by atoms with Gasteiger partial charge in [0.25, 0.3) is 0 Å². The second-order valence-corrected chi connectivity index (χ2v) is 7.56. The molecule has 118 valence electrons. The van der Waals surface area contributed by atoms with E-state index >= 15 is 0 Å². The summed E-state index contributed by atoms with van der Waals surface area (Å²) in [6.45, 7) is 5.83. The van der Waals surface area contributed by atoms with Crippen LogP contribution in [0.2, 0.25) is 0 Å². The Labute approximate surface area is 136 Å². The third-order valence-electron chi connectivity index (χ3n) is 5.14. The molecule has 4 heterocycles. The number of piperidine rings is 1. The van der Waals surface area contributed by atoms with Gasteiger partial charge in [-0.3, -0.25) is 0 Å². The standard InChI is InChI=1S/C17H24N4S/c1-2-20-9-5-14(6-10-20)21-16(13-7-11-22-12-13)19-15-4-3-8-18-17(15)21/h3-4,8,13-14H,2,5-7,9-12H2,1H3. The predicted molar refractivity (Wildman–Crippen MR) is 92.6 cm³/mol. The highest BCUT2D eigenvalue weighted by atomic mass is 32.2. The molecule has 5 heteroatoms. The first-order valence-electron chi connectivity index (χ1n) is 8.49. The topological polar surface area (TPSA) is 34.0 Å². The normalized spacial score (nSPS) is 24.3. The molecule has 0 bridgehead atoms. The molecule has 2 fully saturated rings. The van der Waals surface area contributed by atoms with Gasteiger partial charge in [-0.05, 0) is 43.7 Å². The summed E-state index contributed by atoms with van der Waals surface area (Å²) in [6.07, 6.45) is 5.63. The first kappa shape index (κ1) is 14.5. The molecule has 22 heavy (non-hydrogen) atoms. The van der Waals surface area contributed by atoms with E-state index in [1.807, 2.05) is 12.3 Å². The molecule has 4 nitrogen and oxygen atoms in total. The average molecular weight is 316 g/mol. The molecule has 4 rings (SSSR count). The summed E-state index contributed by atoms with van der Waals surface area (Å²) >= 11 is 2.06. The Bertz CT molecular complexity index is 639. The maximum atomic E-state index is 4.98. The van der Waals surface area contributed by atoms with Crippen LogP contribution in [0.15, 0.2) is 18.3 Å². The number of imidazole rings is 1. The van der Waals surface area contributed by atoms with Crippen molar-refractivity contribution in [1.82, 2.24) is 19.4 Å². The van der Waals surface area contributed by atoms with Crippen LogP contribution in [-0.4, -0.2) is 50.6 Å². The fourth-order valence-electron chi connectivity index (χ4n) is 3.83. The first-order valence-corrected chi connectivity index (χ1v) is 9.65. The number of pyridine rings is 1. The van der Waals surface area contributed by atoms with Gasteiger partial charge in [-0.25, -0.2) is 9.97 Å². The molecule has 0 aromatic carbocycles. The van der Waals surface area contributed by atoms with Gasteiger partial charge in [-0.15, -0.1) is 0 Å². The highest BCUT2D eigenvalue weighted by Crippen LogP contribution is 2.36. The van der Waals surface area contributed by atoms with Crippen molar-refractivity contribution in [2.45, 2.75) is 38.1 Å². The molecule has 0 amide bonds. The van der Waals surface area contributed by atoms with E-state index < -0.39 is 0 Å². The van der Waals surface area contributed by atoms with Crippen LogP contribution in [0.4, 0.5) is 0 Å². The van der Waals surface area contributed by atoms with Gasteiger partial charge in [0.15, 0.2) is 5.65 Å². The van der Waals surface area contributed by atoms with Crippen molar-refractivity contribution >= 4 is 22.9 Å². The number of fused-ring (bicyclic) bond motifs is 1. The number of thioether (sulfide) groups is 1. The summed E-state index contributed by atoms with van der Waals surface area (Å²) in [5, 5.41) is 0. The highest BCUT2D eigenvalue weighted by Gasteiger charge is 2.29. The van der Waals surface area contributed by atoms with Crippen LogP contribution in [0.5, 0.6) is 0 Å². The maximum Gasteiger partial charge on any atom is 0.160 e. The Morgan fingerprint density at radius 2 is 2.14 bits per heavy atom. The Morgan fingerprint density at radius 1 is 1.27 bits per heavy atom. The lowest BCUT2D eigenvalue weighted by Gasteiger charge is -2.33. The summed E-state index contributed by atoms with van der Waals surface area (Å²) in [5.41, 5.74) is 2.18. The molecule has 2 aromatic heterocycles. The second kappa shape index (κ2) is 6.20. The van der Waals surface area contributed by atoms with E-state index in [1.165, 1.54) is 56.2 Å². The van der Waals surface area contributed by atoms with Gasteiger partial charge in [0.05, 0.1) is 0 Å². The second-order valence-electron chi connectivity index (χ2n) is 6.41. The molecule has 2 aliphatic heterocycles. The van der Waals surface area contributed by atoms with Crippen molar-refractivity contribution in [1.29, 1.82) is 0 Å². The number of hydrogen-bond acceptors (Lipinski definition) is 4. The van der Waals surface area contributed by atoms with Gasteiger partial charge >= 0.3 is 0 Å². The molecule has 2 aromatic rings. The minimum atomic E-state index is 0.572. The Balaban J connectivity index is 1.72. The van der Waals surface area contributed by atoms with E-state index in [9.17, 15) is 0 Å². The number of hydrogen-bond donors (Lipinski definition) is 0. The Hall–Kier alpha value is -1.07. The molecule has 0 saturated carbocycles. The lowest BCUT2D eigenvalue weighted by molar-refractivity contribution is 0.194. The lowest BCUT2D eigenvalue weighted by Crippen LogP contribution is -2.35. The quantitative estimate of drug-likeness (QED) is 0.870. The molecule has 0 N–H and O–H groups in total. The molecule has 1 unspecified atom stereocenters. The Kier molecular flexibility index (Phi) is 4.09.